The molecule has 2 rings (SSSR count). The molecule has 1 aliphatic rings. The number of thiocarbonyl (C=S) groups is 1. The van der Waals surface area contributed by atoms with Crippen LogP contribution >= 0.6 is 35.4 Å². The maximum absolute atomic E-state index is 13.3. The van der Waals surface area contributed by atoms with Crippen molar-refractivity contribution in [1.29, 1.82) is 0 Å². The Morgan fingerprint density at radius 3 is 2.32 bits per heavy atom. The lowest BCUT2D eigenvalue weighted by Crippen LogP contribution is -2.34. The van der Waals surface area contributed by atoms with Crippen LogP contribution in [0.2, 0.25) is 10.0 Å². The highest BCUT2D eigenvalue weighted by atomic mass is 35.5. The third kappa shape index (κ3) is 5.84. The summed E-state index contributed by atoms with van der Waals surface area (Å²) >= 11 is 17.8. The van der Waals surface area contributed by atoms with Gasteiger partial charge < -0.3 is 10.1 Å². The highest BCUT2D eigenvalue weighted by molar-refractivity contribution is 7.80. The molecule has 1 saturated carbocycles. The number of carbonyl (C=O) groups excluding carboxylic acids is 1. The molecule has 1 N–H and O–H groups in total. The van der Waals surface area contributed by atoms with Gasteiger partial charge in [-0.25, -0.2) is 0 Å². The van der Waals surface area contributed by atoms with Crippen molar-refractivity contribution in [2.24, 2.45) is 16.7 Å². The monoisotopic (exact) mass is 443 g/mol. The summed E-state index contributed by atoms with van der Waals surface area (Å²) in [7, 11) is 0. The summed E-state index contributed by atoms with van der Waals surface area (Å²) < 4.78 is 5.91. The molecule has 0 unspecified atom stereocenters. The minimum atomic E-state index is -0.321. The van der Waals surface area contributed by atoms with Crippen LogP contribution in [-0.4, -0.2) is 11.0 Å². The normalized spacial score (nSPS) is 16.3. The predicted molar refractivity (Wildman–Crippen MR) is 123 cm³/mol. The zero-order valence-electron chi connectivity index (χ0n) is 17.5. The molecular weight excluding hydrogens is 413 g/mol. The lowest BCUT2D eigenvalue weighted by molar-refractivity contribution is -0.125. The van der Waals surface area contributed by atoms with Crippen LogP contribution in [0.1, 0.15) is 73.1 Å². The van der Waals surface area contributed by atoms with E-state index in [1.807, 2.05) is 20.8 Å². The molecule has 1 fully saturated rings. The van der Waals surface area contributed by atoms with Gasteiger partial charge in [-0.3, -0.25) is 4.79 Å². The van der Waals surface area contributed by atoms with Crippen LogP contribution in [-0.2, 0) is 4.79 Å². The van der Waals surface area contributed by atoms with E-state index in [0.717, 1.165) is 38.5 Å². The number of ether oxygens (including phenoxy) is 1. The van der Waals surface area contributed by atoms with Crippen molar-refractivity contribution in [1.82, 2.24) is 0 Å². The first kappa shape index (κ1) is 23.4. The number of nitrogens with one attached hydrogen (secondary N) is 1. The molecule has 0 aliphatic heterocycles. The zero-order valence-corrected chi connectivity index (χ0v) is 19.8. The van der Waals surface area contributed by atoms with Gasteiger partial charge in [-0.1, -0.05) is 70.7 Å². The largest absolute Gasteiger partial charge is 0.447 e. The van der Waals surface area contributed by atoms with Crippen LogP contribution < -0.4 is 10.1 Å². The Kier molecular flexibility index (Phi) is 7.80. The lowest BCUT2D eigenvalue weighted by atomic mass is 9.79. The molecule has 3 nitrogen and oxygen atoms in total. The van der Waals surface area contributed by atoms with E-state index in [4.69, 9.17) is 40.2 Å². The first-order valence-corrected chi connectivity index (χ1v) is 11.1. The van der Waals surface area contributed by atoms with Crippen LogP contribution in [0.25, 0.3) is 0 Å². The van der Waals surface area contributed by atoms with Gasteiger partial charge in [-0.15, -0.1) is 0 Å². The molecule has 0 saturated heterocycles. The predicted octanol–water partition coefficient (Wildman–Crippen LogP) is 7.68. The molecule has 28 heavy (non-hydrogen) atoms. The highest BCUT2D eigenvalue weighted by Crippen LogP contribution is 2.45. The number of benzene rings is 1. The smallest absolute Gasteiger partial charge is 0.230 e. The van der Waals surface area contributed by atoms with Gasteiger partial charge in [0.15, 0.2) is 10.8 Å². The number of anilines is 1. The van der Waals surface area contributed by atoms with Crippen molar-refractivity contribution >= 4 is 52.1 Å². The topological polar surface area (TPSA) is 38.3 Å². The molecule has 6 heteroatoms. The second kappa shape index (κ2) is 9.32. The molecule has 0 radical (unpaired) electrons. The van der Waals surface area contributed by atoms with Crippen molar-refractivity contribution in [2.75, 3.05) is 5.32 Å². The van der Waals surface area contributed by atoms with Crippen LogP contribution in [0, 0.1) is 16.7 Å². The van der Waals surface area contributed by atoms with Gasteiger partial charge in [0.1, 0.15) is 0 Å². The summed E-state index contributed by atoms with van der Waals surface area (Å²) in [5, 5.41) is 4.23. The van der Waals surface area contributed by atoms with Gasteiger partial charge in [0.25, 0.3) is 0 Å². The summed E-state index contributed by atoms with van der Waals surface area (Å²) in [5.74, 6) is 1.04. The maximum atomic E-state index is 13.3. The number of amides is 1. The van der Waals surface area contributed by atoms with E-state index in [1.54, 1.807) is 12.1 Å². The minimum Gasteiger partial charge on any atom is -0.447 e. The molecule has 1 aromatic carbocycles. The fourth-order valence-corrected chi connectivity index (χ4v) is 3.83. The Hall–Kier alpha value is -0.840. The van der Waals surface area contributed by atoms with Crippen molar-refractivity contribution in [3.63, 3.8) is 0 Å². The SMILES string of the molecule is CC(C)CCC1(C(=O)Nc2cc(Cl)c(Cl)cc2OC(=S)C(C)(C)C)CCCC1. The molecule has 0 bridgehead atoms. The van der Waals surface area contributed by atoms with Crippen LogP contribution in [0.4, 0.5) is 5.69 Å². The number of hydrogen-bond donors (Lipinski definition) is 1. The Bertz CT molecular complexity index is 735. The van der Waals surface area contributed by atoms with Crippen molar-refractivity contribution in [2.45, 2.75) is 73.1 Å². The van der Waals surface area contributed by atoms with E-state index >= 15 is 0 Å². The summed E-state index contributed by atoms with van der Waals surface area (Å²) in [5.41, 5.74) is -0.118. The third-order valence-electron chi connectivity index (χ3n) is 5.33. The van der Waals surface area contributed by atoms with E-state index in [1.165, 1.54) is 0 Å². The Labute approximate surface area is 184 Å². The zero-order chi connectivity index (χ0) is 21.1. The van der Waals surface area contributed by atoms with E-state index in [0.29, 0.717) is 32.5 Å². The quantitative estimate of drug-likeness (QED) is 0.457. The average Bonchev–Trinajstić information content (AvgIpc) is 3.06. The molecule has 1 aromatic rings. The molecule has 0 aromatic heterocycles. The number of rotatable bonds is 6. The molecule has 1 aliphatic carbocycles. The molecule has 1 amide bonds. The number of hydrogen-bond acceptors (Lipinski definition) is 3. The molecular formula is C22H31Cl2NO2S. The van der Waals surface area contributed by atoms with Crippen molar-refractivity contribution in [3.8, 4) is 5.75 Å². The van der Waals surface area contributed by atoms with E-state index in [-0.39, 0.29) is 16.7 Å². The van der Waals surface area contributed by atoms with E-state index < -0.39 is 0 Å². The molecule has 0 heterocycles. The van der Waals surface area contributed by atoms with E-state index in [9.17, 15) is 4.79 Å². The fourth-order valence-electron chi connectivity index (χ4n) is 3.43. The second-order valence-corrected chi connectivity index (χ2v) is 10.5. The summed E-state index contributed by atoms with van der Waals surface area (Å²) in [6.07, 6.45) is 5.95. The maximum Gasteiger partial charge on any atom is 0.230 e. The average molecular weight is 444 g/mol. The standard InChI is InChI=1S/C22H31Cl2NO2S/c1-14(2)8-11-22(9-6-7-10-22)19(26)25-17-12-15(23)16(24)13-18(17)27-20(28)21(3,4)5/h12-14H,6-11H2,1-5H3,(H,25,26). The molecule has 156 valence electrons. The van der Waals surface area contributed by atoms with Gasteiger partial charge in [0, 0.05) is 16.9 Å². The van der Waals surface area contributed by atoms with Gasteiger partial charge in [-0.05, 0) is 49.9 Å². The Morgan fingerprint density at radius 1 is 1.21 bits per heavy atom. The first-order chi connectivity index (χ1) is 12.9. The summed E-state index contributed by atoms with van der Waals surface area (Å²) in [6, 6.07) is 3.26. The van der Waals surface area contributed by atoms with Gasteiger partial charge in [0.2, 0.25) is 5.91 Å². The van der Waals surface area contributed by atoms with Crippen LogP contribution in [0.15, 0.2) is 12.1 Å². The first-order valence-electron chi connectivity index (χ1n) is 9.97. The second-order valence-electron chi connectivity index (χ2n) is 9.28. The van der Waals surface area contributed by atoms with Crippen LogP contribution in [0.5, 0.6) is 5.75 Å². The fraction of sp³-hybridized carbons (Fsp3) is 0.636. The van der Waals surface area contributed by atoms with Crippen molar-refractivity contribution in [3.05, 3.63) is 22.2 Å². The van der Waals surface area contributed by atoms with Crippen molar-refractivity contribution < 1.29 is 9.53 Å². The molecule has 0 spiro atoms. The van der Waals surface area contributed by atoms with Gasteiger partial charge >= 0.3 is 0 Å². The summed E-state index contributed by atoms with van der Waals surface area (Å²) in [6.45, 7) is 10.3. The highest BCUT2D eigenvalue weighted by Gasteiger charge is 2.41. The third-order valence-corrected chi connectivity index (χ3v) is 6.75. The van der Waals surface area contributed by atoms with E-state index in [2.05, 4.69) is 19.2 Å². The lowest BCUT2D eigenvalue weighted by Gasteiger charge is -2.29. The number of halogens is 2. The van der Waals surface area contributed by atoms with Gasteiger partial charge in [-0.2, -0.15) is 0 Å². The Morgan fingerprint density at radius 2 is 1.79 bits per heavy atom. The Balaban J connectivity index is 2.29. The van der Waals surface area contributed by atoms with Gasteiger partial charge in [0.05, 0.1) is 15.7 Å². The van der Waals surface area contributed by atoms with Crippen LogP contribution in [0.3, 0.4) is 0 Å². The number of carbonyl (C=O) groups is 1. The molecule has 0 atom stereocenters. The summed E-state index contributed by atoms with van der Waals surface area (Å²) in [4.78, 5) is 13.3. The minimum absolute atomic E-state index is 0.0376.